The summed E-state index contributed by atoms with van der Waals surface area (Å²) in [6.07, 6.45) is 1.55. The first kappa shape index (κ1) is 17.2. The smallest absolute Gasteiger partial charge is 0.331 e. The zero-order valence-electron chi connectivity index (χ0n) is 14.7. The van der Waals surface area contributed by atoms with Gasteiger partial charge in [-0.2, -0.15) is 0 Å². The van der Waals surface area contributed by atoms with Gasteiger partial charge in [0, 0.05) is 40.0 Å². The van der Waals surface area contributed by atoms with Crippen LogP contribution in [0.2, 0.25) is 0 Å². The second-order valence-electron chi connectivity index (χ2n) is 6.23. The molecule has 0 aromatic carbocycles. The number of aryl methyl sites for hydroxylation is 2. The van der Waals surface area contributed by atoms with E-state index >= 15 is 0 Å². The lowest BCUT2D eigenvalue weighted by molar-refractivity contribution is -0.0283. The van der Waals surface area contributed by atoms with Gasteiger partial charge >= 0.3 is 5.69 Å². The Hall–Kier alpha value is -2.68. The van der Waals surface area contributed by atoms with Crippen molar-refractivity contribution < 1.29 is 9.53 Å². The fraction of sp³-hybridized carbons (Fsp3) is 0.500. The van der Waals surface area contributed by atoms with Crippen LogP contribution in [0.4, 0.5) is 0 Å². The van der Waals surface area contributed by atoms with Gasteiger partial charge < -0.3 is 14.2 Å². The predicted molar refractivity (Wildman–Crippen MR) is 89.5 cm³/mol. The van der Waals surface area contributed by atoms with E-state index in [9.17, 15) is 14.4 Å². The molecule has 2 aromatic rings. The van der Waals surface area contributed by atoms with Crippen LogP contribution in [0.15, 0.2) is 21.9 Å². The first-order valence-corrected chi connectivity index (χ1v) is 7.97. The van der Waals surface area contributed by atoms with Crippen molar-refractivity contribution >= 4 is 5.91 Å². The van der Waals surface area contributed by atoms with Gasteiger partial charge in [-0.15, -0.1) is 0 Å². The number of carbonyl (C=O) groups excluding carboxylic acids is 1. The van der Waals surface area contributed by atoms with Crippen LogP contribution in [0.5, 0.6) is 0 Å². The molecule has 9 heteroatoms. The zero-order chi connectivity index (χ0) is 18.3. The van der Waals surface area contributed by atoms with Crippen LogP contribution in [0.1, 0.15) is 28.1 Å². The number of ether oxygens (including phenoxy) is 1. The Labute approximate surface area is 144 Å². The van der Waals surface area contributed by atoms with Gasteiger partial charge in [-0.1, -0.05) is 0 Å². The molecular formula is C16H21N5O4. The largest absolute Gasteiger partial charge is 0.367 e. The van der Waals surface area contributed by atoms with E-state index in [1.807, 2.05) is 24.7 Å². The highest BCUT2D eigenvalue weighted by Crippen LogP contribution is 2.22. The van der Waals surface area contributed by atoms with E-state index in [1.165, 1.54) is 24.7 Å². The third kappa shape index (κ3) is 3.02. The minimum absolute atomic E-state index is 0.0739. The highest BCUT2D eigenvalue weighted by Gasteiger charge is 2.30. The summed E-state index contributed by atoms with van der Waals surface area (Å²) in [5.74, 6) is 0.379. The van der Waals surface area contributed by atoms with Crippen LogP contribution >= 0.6 is 0 Å². The molecular weight excluding hydrogens is 326 g/mol. The third-order valence-corrected chi connectivity index (χ3v) is 4.42. The van der Waals surface area contributed by atoms with Crippen molar-refractivity contribution in [3.8, 4) is 0 Å². The first-order valence-electron chi connectivity index (χ1n) is 7.97. The molecule has 1 fully saturated rings. The quantitative estimate of drug-likeness (QED) is 0.719. The van der Waals surface area contributed by atoms with Crippen LogP contribution < -0.4 is 11.2 Å². The summed E-state index contributed by atoms with van der Waals surface area (Å²) in [4.78, 5) is 42.8. The molecule has 3 heterocycles. The van der Waals surface area contributed by atoms with Crippen LogP contribution in [0.25, 0.3) is 0 Å². The lowest BCUT2D eigenvalue weighted by atomic mass is 10.2. The minimum atomic E-state index is -0.527. The van der Waals surface area contributed by atoms with Gasteiger partial charge in [0.25, 0.3) is 11.5 Å². The average Bonchev–Trinajstić information content (AvgIpc) is 2.94. The topological polar surface area (TPSA) is 91.4 Å². The summed E-state index contributed by atoms with van der Waals surface area (Å²) < 4.78 is 9.80. The summed E-state index contributed by atoms with van der Waals surface area (Å²) >= 11 is 0. The van der Waals surface area contributed by atoms with Crippen LogP contribution in [-0.2, 0) is 25.9 Å². The van der Waals surface area contributed by atoms with Crippen molar-refractivity contribution in [3.63, 3.8) is 0 Å². The van der Waals surface area contributed by atoms with Crippen molar-refractivity contribution in [1.29, 1.82) is 0 Å². The first-order chi connectivity index (χ1) is 11.8. The molecule has 0 N–H and O–H groups in total. The Morgan fingerprint density at radius 2 is 1.96 bits per heavy atom. The molecule has 1 aliphatic rings. The fourth-order valence-corrected chi connectivity index (χ4v) is 3.02. The molecule has 0 radical (unpaired) electrons. The molecule has 0 bridgehead atoms. The van der Waals surface area contributed by atoms with Gasteiger partial charge in [-0.05, 0) is 6.92 Å². The molecule has 0 saturated carbocycles. The van der Waals surface area contributed by atoms with Crippen molar-refractivity contribution in [2.45, 2.75) is 13.0 Å². The van der Waals surface area contributed by atoms with Crippen molar-refractivity contribution in [3.05, 3.63) is 50.3 Å². The highest BCUT2D eigenvalue weighted by molar-refractivity contribution is 5.92. The van der Waals surface area contributed by atoms with Crippen LogP contribution in [0.3, 0.4) is 0 Å². The van der Waals surface area contributed by atoms with Crippen molar-refractivity contribution in [2.75, 3.05) is 19.7 Å². The van der Waals surface area contributed by atoms with Gasteiger partial charge in [0.2, 0.25) is 0 Å². The van der Waals surface area contributed by atoms with E-state index in [0.717, 1.165) is 16.1 Å². The molecule has 25 heavy (non-hydrogen) atoms. The van der Waals surface area contributed by atoms with Gasteiger partial charge in [0.15, 0.2) is 0 Å². The number of amides is 1. The molecule has 1 unspecified atom stereocenters. The van der Waals surface area contributed by atoms with Gasteiger partial charge in [0.1, 0.15) is 17.6 Å². The molecule has 1 amide bonds. The Bertz CT molecular complexity index is 939. The van der Waals surface area contributed by atoms with E-state index in [0.29, 0.717) is 19.7 Å². The predicted octanol–water partition coefficient (Wildman–Crippen LogP) is -0.660. The lowest BCUT2D eigenvalue weighted by Gasteiger charge is -2.32. The molecule has 1 aliphatic heterocycles. The third-order valence-electron chi connectivity index (χ3n) is 4.42. The van der Waals surface area contributed by atoms with E-state index in [-0.39, 0.29) is 17.7 Å². The number of imidazole rings is 1. The molecule has 1 saturated heterocycles. The van der Waals surface area contributed by atoms with Gasteiger partial charge in [-0.25, -0.2) is 9.78 Å². The van der Waals surface area contributed by atoms with Crippen LogP contribution in [-0.4, -0.2) is 49.2 Å². The maximum absolute atomic E-state index is 12.8. The zero-order valence-corrected chi connectivity index (χ0v) is 14.7. The Kier molecular flexibility index (Phi) is 4.34. The molecule has 0 spiro atoms. The minimum Gasteiger partial charge on any atom is -0.367 e. The summed E-state index contributed by atoms with van der Waals surface area (Å²) in [6.45, 7) is 2.96. The summed E-state index contributed by atoms with van der Waals surface area (Å²) in [6, 6.07) is 1.19. The Morgan fingerprint density at radius 1 is 1.24 bits per heavy atom. The van der Waals surface area contributed by atoms with Gasteiger partial charge in [-0.3, -0.25) is 18.7 Å². The standard InChI is InChI=1S/C16H21N5O4/c1-10-8-18(2)14(17-10)12-9-21(5-6-25-12)15(23)11-7-13(22)20(4)16(24)19(11)3/h7-8,12H,5-6,9H2,1-4H3. The summed E-state index contributed by atoms with van der Waals surface area (Å²) in [7, 11) is 4.74. The normalized spacial score (nSPS) is 17.8. The van der Waals surface area contributed by atoms with E-state index in [1.54, 1.807) is 4.90 Å². The summed E-state index contributed by atoms with van der Waals surface area (Å²) in [5.41, 5.74) is -0.0837. The number of hydrogen-bond acceptors (Lipinski definition) is 5. The number of morpholine rings is 1. The number of carbonyl (C=O) groups is 1. The van der Waals surface area contributed by atoms with E-state index in [2.05, 4.69) is 4.98 Å². The second kappa shape index (κ2) is 6.32. The Balaban J connectivity index is 1.90. The molecule has 1 atom stereocenters. The molecule has 134 valence electrons. The van der Waals surface area contributed by atoms with Gasteiger partial charge in [0.05, 0.1) is 18.8 Å². The van der Waals surface area contributed by atoms with Crippen molar-refractivity contribution in [1.82, 2.24) is 23.6 Å². The number of hydrogen-bond donors (Lipinski definition) is 0. The fourth-order valence-electron chi connectivity index (χ4n) is 3.02. The number of aromatic nitrogens is 4. The average molecular weight is 347 g/mol. The molecule has 3 rings (SSSR count). The molecule has 0 aliphatic carbocycles. The number of nitrogens with zero attached hydrogens (tertiary/aromatic N) is 5. The Morgan fingerprint density at radius 3 is 2.60 bits per heavy atom. The second-order valence-corrected chi connectivity index (χ2v) is 6.23. The monoisotopic (exact) mass is 347 g/mol. The maximum atomic E-state index is 12.8. The SMILES string of the molecule is Cc1cn(C)c(C2CN(C(=O)c3cc(=O)n(C)c(=O)n3C)CCO2)n1. The maximum Gasteiger partial charge on any atom is 0.331 e. The van der Waals surface area contributed by atoms with Crippen LogP contribution in [0, 0.1) is 6.92 Å². The highest BCUT2D eigenvalue weighted by atomic mass is 16.5. The lowest BCUT2D eigenvalue weighted by Crippen LogP contribution is -2.46. The number of rotatable bonds is 2. The van der Waals surface area contributed by atoms with E-state index in [4.69, 9.17) is 4.74 Å². The summed E-state index contributed by atoms with van der Waals surface area (Å²) in [5, 5.41) is 0. The van der Waals surface area contributed by atoms with E-state index < -0.39 is 11.2 Å². The van der Waals surface area contributed by atoms with Crippen molar-refractivity contribution in [2.24, 2.45) is 21.1 Å². The molecule has 2 aromatic heterocycles. The molecule has 9 nitrogen and oxygen atoms in total.